The van der Waals surface area contributed by atoms with Gasteiger partial charge in [-0.15, -0.1) is 24.7 Å². The Morgan fingerprint density at radius 2 is 0.480 bits per heavy atom. The number of hydrogen-bond donors (Lipinski definition) is 0. The maximum absolute atomic E-state index is 11.3. The molecule has 0 saturated carbocycles. The quantitative estimate of drug-likeness (QED) is 0.0320. The molecule has 3 aliphatic heterocycles. The van der Waals surface area contributed by atoms with Crippen molar-refractivity contribution in [1.82, 2.24) is 14.7 Å². The highest BCUT2D eigenvalue weighted by atomic mass is 16.2. The summed E-state index contributed by atoms with van der Waals surface area (Å²) in [6, 6.07) is 59.6. The summed E-state index contributed by atoms with van der Waals surface area (Å²) in [5.74, 6) is 4.08. The maximum Gasteiger partial charge on any atom is 0.253 e. The first kappa shape index (κ1) is 80.7. The number of rotatable bonds is 25. The lowest BCUT2D eigenvalue weighted by Crippen LogP contribution is -2.31. The lowest BCUT2D eigenvalue weighted by molar-refractivity contribution is -0.138. The molecule has 9 nitrogen and oxygen atoms in total. The van der Waals surface area contributed by atoms with Crippen molar-refractivity contribution < 1.29 is 28.8 Å². The summed E-state index contributed by atoms with van der Waals surface area (Å²) in [6.07, 6.45) is 39.4. The average Bonchev–Trinajstić information content (AvgIpc) is 1.71. The summed E-state index contributed by atoms with van der Waals surface area (Å²) < 4.78 is 0. The largest absolute Gasteiger partial charge is 0.275 e. The van der Waals surface area contributed by atoms with Crippen LogP contribution in [0.3, 0.4) is 0 Å². The molecule has 0 unspecified atom stereocenters. The van der Waals surface area contributed by atoms with Gasteiger partial charge in [0, 0.05) is 62.4 Å². The molecule has 7 aromatic rings. The zero-order valence-electron chi connectivity index (χ0n) is 60.1. The molecule has 9 heteroatoms. The lowest BCUT2D eigenvalue weighted by Gasteiger charge is -2.13. The van der Waals surface area contributed by atoms with Crippen LogP contribution >= 0.6 is 0 Å². The number of carbonyl (C=O) groups is 6. The first-order valence-electron chi connectivity index (χ1n) is 35.2. The van der Waals surface area contributed by atoms with Crippen LogP contribution in [0, 0.1) is 73.2 Å². The van der Waals surface area contributed by atoms with Gasteiger partial charge in [-0.05, 0) is 177 Å². The zero-order chi connectivity index (χ0) is 71.3. The number of hydrogen-bond acceptors (Lipinski definition) is 6. The van der Waals surface area contributed by atoms with Crippen molar-refractivity contribution in [3.05, 3.63) is 284 Å². The van der Waals surface area contributed by atoms with E-state index in [0.29, 0.717) is 19.6 Å². The minimum absolute atomic E-state index is 0.185. The van der Waals surface area contributed by atoms with E-state index in [1.54, 1.807) is 0 Å². The second kappa shape index (κ2) is 47.3. The fourth-order valence-electron chi connectivity index (χ4n) is 10.2. The van der Waals surface area contributed by atoms with Crippen molar-refractivity contribution in [2.75, 3.05) is 13.1 Å². The van der Waals surface area contributed by atoms with Crippen LogP contribution in [0.5, 0.6) is 0 Å². The summed E-state index contributed by atoms with van der Waals surface area (Å²) in [7, 11) is 0. The molecular weight excluding hydrogens is 1210 g/mol. The van der Waals surface area contributed by atoms with E-state index in [0.717, 1.165) is 81.8 Å². The molecule has 0 N–H and O–H groups in total. The molecule has 3 heterocycles. The van der Waals surface area contributed by atoms with Gasteiger partial charge in [0.1, 0.15) is 0 Å². The zero-order valence-corrected chi connectivity index (χ0v) is 60.1. The molecule has 0 fully saturated rings. The van der Waals surface area contributed by atoms with E-state index in [4.69, 9.17) is 12.8 Å². The van der Waals surface area contributed by atoms with Crippen LogP contribution in [0.15, 0.2) is 206 Å². The summed E-state index contributed by atoms with van der Waals surface area (Å²) in [4.78, 5) is 71.6. The lowest BCUT2D eigenvalue weighted by atomic mass is 10.1. The molecule has 98 heavy (non-hydrogen) atoms. The molecule has 6 amide bonds. The fraction of sp³-hybridized carbons (Fsp3) is 0.348. The number of imide groups is 3. The minimum atomic E-state index is -0.236. The number of amides is 6. The molecule has 0 bridgehead atoms. The number of carbonyl (C=O) groups excluding carboxylic acids is 6. The predicted octanol–water partition coefficient (Wildman–Crippen LogP) is 18.9. The SMILES string of the molecule is C#CCCCCc1ccc(C)cc1.C#CCCCc1ccc(C)cc1.CCCCCc1ccc(C)cc1.CCCCc1ccc(C)cc1.Cc1ccc(CCCCN2C(=O)C=CC2=O)cc1.Cc1ccc(CCCN2C(=O)C=CC2=O)cc1.Cc1ccc(CN2C(=O)C=CC2=O)cc1. The van der Waals surface area contributed by atoms with Crippen molar-refractivity contribution >= 4 is 35.4 Å². The van der Waals surface area contributed by atoms with Crippen LogP contribution in [-0.2, 0) is 73.8 Å². The van der Waals surface area contributed by atoms with Gasteiger partial charge in [0.15, 0.2) is 0 Å². The molecule has 0 aromatic heterocycles. The molecule has 0 spiro atoms. The van der Waals surface area contributed by atoms with Gasteiger partial charge in [-0.2, -0.15) is 0 Å². The van der Waals surface area contributed by atoms with E-state index in [2.05, 4.69) is 213 Å². The Kier molecular flexibility index (Phi) is 38.9. The Morgan fingerprint density at radius 3 is 0.776 bits per heavy atom. The van der Waals surface area contributed by atoms with Gasteiger partial charge in [0.2, 0.25) is 0 Å². The van der Waals surface area contributed by atoms with Crippen LogP contribution in [0.2, 0.25) is 0 Å². The molecule has 0 saturated heterocycles. The van der Waals surface area contributed by atoms with E-state index in [1.165, 1.54) is 169 Å². The molecule has 3 aliphatic rings. The second-order valence-corrected chi connectivity index (χ2v) is 25.4. The molecule has 0 atom stereocenters. The van der Waals surface area contributed by atoms with E-state index < -0.39 is 0 Å². The molecule has 7 aromatic carbocycles. The molecule has 0 radical (unpaired) electrons. The van der Waals surface area contributed by atoms with Gasteiger partial charge in [0.05, 0.1) is 6.54 Å². The van der Waals surface area contributed by atoms with Crippen LogP contribution in [0.1, 0.15) is 175 Å². The smallest absolute Gasteiger partial charge is 0.253 e. The normalized spacial score (nSPS) is 12.3. The Hall–Kier alpha value is -9.70. The molecule has 0 aliphatic carbocycles. The Bertz CT molecular complexity index is 3620. The summed E-state index contributed by atoms with van der Waals surface area (Å²) in [5.41, 5.74) is 18.3. The van der Waals surface area contributed by atoms with Crippen molar-refractivity contribution in [2.45, 2.75) is 191 Å². The van der Waals surface area contributed by atoms with Gasteiger partial charge in [-0.25, -0.2) is 0 Å². The number of aryl methyl sites for hydroxylation is 13. The van der Waals surface area contributed by atoms with E-state index in [1.807, 2.05) is 31.2 Å². The number of nitrogens with zero attached hydrogens (tertiary/aromatic N) is 3. The second-order valence-electron chi connectivity index (χ2n) is 25.4. The van der Waals surface area contributed by atoms with Crippen molar-refractivity contribution in [3.63, 3.8) is 0 Å². The van der Waals surface area contributed by atoms with Crippen molar-refractivity contribution in [3.8, 4) is 24.7 Å². The molecule has 10 rings (SSSR count). The van der Waals surface area contributed by atoms with Gasteiger partial charge >= 0.3 is 0 Å². The molecule has 514 valence electrons. The van der Waals surface area contributed by atoms with E-state index >= 15 is 0 Å². The first-order valence-corrected chi connectivity index (χ1v) is 35.2. The highest BCUT2D eigenvalue weighted by Crippen LogP contribution is 2.16. The third kappa shape index (κ3) is 33.8. The number of terminal acetylenes is 2. The summed E-state index contributed by atoms with van der Waals surface area (Å²) in [6.45, 7) is 20.5. The highest BCUT2D eigenvalue weighted by molar-refractivity contribution is 6.14. The predicted molar refractivity (Wildman–Crippen MR) is 406 cm³/mol. The number of benzene rings is 7. The fourth-order valence-corrected chi connectivity index (χ4v) is 10.2. The molecular formula is C89H107N3O6. The maximum atomic E-state index is 11.3. The van der Waals surface area contributed by atoms with Gasteiger partial charge in [-0.3, -0.25) is 43.5 Å². The monoisotopic (exact) mass is 1310 g/mol. The summed E-state index contributed by atoms with van der Waals surface area (Å²) in [5, 5.41) is 0. The van der Waals surface area contributed by atoms with Gasteiger partial charge in [-0.1, -0.05) is 242 Å². The average molecular weight is 1310 g/mol. The number of unbranched alkanes of at least 4 members (excludes halogenated alkanes) is 7. The minimum Gasteiger partial charge on any atom is -0.275 e. The summed E-state index contributed by atoms with van der Waals surface area (Å²) >= 11 is 0. The van der Waals surface area contributed by atoms with Crippen LogP contribution in [0.25, 0.3) is 0 Å². The Labute approximate surface area is 588 Å². The van der Waals surface area contributed by atoms with Crippen molar-refractivity contribution in [1.29, 1.82) is 0 Å². The van der Waals surface area contributed by atoms with E-state index in [9.17, 15) is 28.8 Å². The third-order valence-electron chi connectivity index (χ3n) is 16.5. The standard InChI is InChI=1S/C15H17NO2.C14H15NO2.C13H16.C12H11NO2.C12H18.C12H14.C11H16/c1-12-5-7-13(8-6-12)4-2-3-11-16-14(17)9-10-15(16)18;1-11-4-6-12(7-5-11)3-2-10-15-13(16)8-9-14(15)17;1-3-4-5-6-7-13-10-8-12(2)9-11-13;1-9-2-4-10(5-3-9)8-13-11(14)6-7-12(13)15;2*1-3-4-5-6-12-9-7-11(2)8-10-12;1-3-4-5-11-8-6-10(2)7-9-11/h5-10H,2-4,11H2,1H3;4-9H,2-3,10H2,1H3;1,8-11H,4-7H2,2H3;2-7H,8H2,1H3;7-10H,3-6H2,1-2H3;1,7-10H,4-6H2,2H3;6-9H,3-5H2,1-2H3. The highest BCUT2D eigenvalue weighted by Gasteiger charge is 2.24. The van der Waals surface area contributed by atoms with Crippen LogP contribution < -0.4 is 0 Å². The topological polar surface area (TPSA) is 112 Å². The van der Waals surface area contributed by atoms with E-state index in [-0.39, 0.29) is 35.4 Å². The van der Waals surface area contributed by atoms with Crippen LogP contribution in [0.4, 0.5) is 0 Å². The Balaban J connectivity index is 0.000000245. The van der Waals surface area contributed by atoms with Gasteiger partial charge < -0.3 is 0 Å². The van der Waals surface area contributed by atoms with Crippen molar-refractivity contribution in [2.24, 2.45) is 0 Å². The first-order chi connectivity index (χ1) is 47.3. The van der Waals surface area contributed by atoms with Gasteiger partial charge in [0.25, 0.3) is 35.4 Å². The van der Waals surface area contributed by atoms with Crippen LogP contribution in [-0.4, -0.2) is 63.2 Å². The third-order valence-corrected chi connectivity index (χ3v) is 16.5. The Morgan fingerprint density at radius 1 is 0.255 bits per heavy atom.